The van der Waals surface area contributed by atoms with Crippen LogP contribution in [0.1, 0.15) is 49.1 Å². The average Bonchev–Trinajstić information content (AvgIpc) is 3.21. The second-order valence-electron chi connectivity index (χ2n) is 6.00. The van der Waals surface area contributed by atoms with Gasteiger partial charge in [-0.05, 0) is 44.8 Å². The predicted molar refractivity (Wildman–Crippen MR) is 79.7 cm³/mol. The molecule has 1 amide bonds. The molecule has 0 spiro atoms. The highest BCUT2D eigenvalue weighted by atomic mass is 16.2. The van der Waals surface area contributed by atoms with Crippen molar-refractivity contribution in [2.75, 3.05) is 25.4 Å². The highest BCUT2D eigenvalue weighted by molar-refractivity contribution is 5.94. The molecule has 5 nitrogen and oxygen atoms in total. The molecule has 1 aromatic heterocycles. The van der Waals surface area contributed by atoms with E-state index in [1.807, 2.05) is 10.8 Å². The summed E-state index contributed by atoms with van der Waals surface area (Å²) >= 11 is 0. The number of likely N-dealkylation sites (tertiary alicyclic amines) is 1. The topological polar surface area (TPSA) is 63.3 Å². The van der Waals surface area contributed by atoms with Crippen molar-refractivity contribution in [2.45, 2.75) is 44.7 Å². The van der Waals surface area contributed by atoms with Crippen LogP contribution in [0.4, 0.5) is 5.69 Å². The first-order valence-corrected chi connectivity index (χ1v) is 7.68. The fourth-order valence-electron chi connectivity index (χ4n) is 3.06. The summed E-state index contributed by atoms with van der Waals surface area (Å²) < 4.78 is 2.05. The van der Waals surface area contributed by atoms with Crippen LogP contribution in [0.3, 0.4) is 0 Å². The van der Waals surface area contributed by atoms with Crippen molar-refractivity contribution in [3.63, 3.8) is 0 Å². The van der Waals surface area contributed by atoms with Crippen molar-refractivity contribution in [3.05, 3.63) is 18.0 Å². The number of carbonyl (C=O) groups excluding carboxylic acids is 1. The number of nitrogens with two attached hydrogens (primary N) is 1. The number of aromatic nitrogens is 1. The summed E-state index contributed by atoms with van der Waals surface area (Å²) in [4.78, 5) is 14.9. The summed E-state index contributed by atoms with van der Waals surface area (Å²) in [6.07, 6.45) is 6.43. The fourth-order valence-corrected chi connectivity index (χ4v) is 3.06. The third kappa shape index (κ3) is 2.82. The van der Waals surface area contributed by atoms with Crippen LogP contribution in [0.2, 0.25) is 0 Å². The SMILES string of the molecule is CCN1CCCC(NC(=O)c2cc(N)cn2C2CC2)C1. The molecule has 0 bridgehead atoms. The van der Waals surface area contributed by atoms with Crippen LogP contribution in [0.25, 0.3) is 0 Å². The van der Waals surface area contributed by atoms with Gasteiger partial charge >= 0.3 is 0 Å². The number of hydrogen-bond acceptors (Lipinski definition) is 3. The lowest BCUT2D eigenvalue weighted by Gasteiger charge is -2.32. The first-order chi connectivity index (χ1) is 9.67. The lowest BCUT2D eigenvalue weighted by molar-refractivity contribution is 0.0896. The standard InChI is InChI=1S/C15H24N4O/c1-2-18-7-3-4-12(10-18)17-15(20)14-8-11(16)9-19(14)13-5-6-13/h8-9,12-13H,2-7,10,16H2,1H3,(H,17,20). The second-order valence-corrected chi connectivity index (χ2v) is 6.00. The van der Waals surface area contributed by atoms with E-state index in [9.17, 15) is 4.79 Å². The molecular weight excluding hydrogens is 252 g/mol. The number of nitrogens with one attached hydrogen (secondary N) is 1. The van der Waals surface area contributed by atoms with Crippen LogP contribution in [0, 0.1) is 0 Å². The first kappa shape index (κ1) is 13.5. The minimum atomic E-state index is 0.0246. The average molecular weight is 276 g/mol. The maximum atomic E-state index is 12.5. The van der Waals surface area contributed by atoms with Crippen molar-refractivity contribution in [1.29, 1.82) is 0 Å². The van der Waals surface area contributed by atoms with Gasteiger partial charge in [0.1, 0.15) is 5.69 Å². The molecule has 1 saturated heterocycles. The van der Waals surface area contributed by atoms with E-state index in [0.29, 0.717) is 11.7 Å². The number of anilines is 1. The number of nitrogens with zero attached hydrogens (tertiary/aromatic N) is 2. The number of carbonyl (C=O) groups is 1. The van der Waals surface area contributed by atoms with Gasteiger partial charge in [-0.2, -0.15) is 0 Å². The van der Waals surface area contributed by atoms with Crippen molar-refractivity contribution in [2.24, 2.45) is 0 Å². The van der Waals surface area contributed by atoms with Crippen LogP contribution in [0.15, 0.2) is 12.3 Å². The lowest BCUT2D eigenvalue weighted by Crippen LogP contribution is -2.47. The number of likely N-dealkylation sites (N-methyl/N-ethyl adjacent to an activating group) is 1. The Labute approximate surface area is 120 Å². The van der Waals surface area contributed by atoms with Gasteiger partial charge in [0.25, 0.3) is 5.91 Å². The van der Waals surface area contributed by atoms with Crippen LogP contribution < -0.4 is 11.1 Å². The molecule has 1 aliphatic heterocycles. The molecule has 2 heterocycles. The highest BCUT2D eigenvalue weighted by Gasteiger charge is 2.29. The molecule has 3 N–H and O–H groups in total. The Morgan fingerprint density at radius 2 is 2.25 bits per heavy atom. The number of amides is 1. The van der Waals surface area contributed by atoms with Crippen LogP contribution in [-0.4, -0.2) is 41.1 Å². The lowest BCUT2D eigenvalue weighted by atomic mass is 10.1. The number of nitrogen functional groups attached to an aromatic ring is 1. The van der Waals surface area contributed by atoms with Crippen LogP contribution in [0.5, 0.6) is 0 Å². The Hall–Kier alpha value is -1.49. The molecule has 2 fully saturated rings. The molecule has 0 aromatic carbocycles. The Kier molecular flexibility index (Phi) is 3.70. The second kappa shape index (κ2) is 5.48. The Balaban J connectivity index is 1.67. The van der Waals surface area contributed by atoms with Gasteiger partial charge < -0.3 is 20.5 Å². The van der Waals surface area contributed by atoms with E-state index in [0.717, 1.165) is 51.0 Å². The molecule has 110 valence electrons. The van der Waals surface area contributed by atoms with Gasteiger partial charge in [0.2, 0.25) is 0 Å². The first-order valence-electron chi connectivity index (χ1n) is 7.68. The Morgan fingerprint density at radius 3 is 2.95 bits per heavy atom. The molecule has 1 aliphatic carbocycles. The highest BCUT2D eigenvalue weighted by Crippen LogP contribution is 2.37. The molecule has 1 aromatic rings. The van der Waals surface area contributed by atoms with Gasteiger partial charge in [-0.3, -0.25) is 4.79 Å². The van der Waals surface area contributed by atoms with Crippen LogP contribution >= 0.6 is 0 Å². The van der Waals surface area contributed by atoms with Gasteiger partial charge in [0, 0.05) is 24.8 Å². The van der Waals surface area contributed by atoms with Crippen molar-refractivity contribution in [3.8, 4) is 0 Å². The predicted octanol–water partition coefficient (Wildman–Crippen LogP) is 1.62. The monoisotopic (exact) mass is 276 g/mol. The molecule has 0 radical (unpaired) electrons. The van der Waals surface area contributed by atoms with E-state index in [1.54, 1.807) is 6.07 Å². The Bertz CT molecular complexity index is 492. The third-order valence-corrected chi connectivity index (χ3v) is 4.33. The van der Waals surface area contributed by atoms with Gasteiger partial charge in [0.15, 0.2) is 0 Å². The van der Waals surface area contributed by atoms with E-state index >= 15 is 0 Å². The number of piperidine rings is 1. The van der Waals surface area contributed by atoms with E-state index in [4.69, 9.17) is 5.73 Å². The minimum absolute atomic E-state index is 0.0246. The van der Waals surface area contributed by atoms with Crippen molar-refractivity contribution >= 4 is 11.6 Å². The number of rotatable bonds is 4. The maximum absolute atomic E-state index is 12.5. The molecular formula is C15H24N4O. The minimum Gasteiger partial charge on any atom is -0.397 e. The quantitative estimate of drug-likeness (QED) is 0.878. The molecule has 1 unspecified atom stereocenters. The summed E-state index contributed by atoms with van der Waals surface area (Å²) in [7, 11) is 0. The zero-order valence-corrected chi connectivity index (χ0v) is 12.1. The summed E-state index contributed by atoms with van der Waals surface area (Å²) in [5.41, 5.74) is 7.25. The van der Waals surface area contributed by atoms with E-state index in [-0.39, 0.29) is 11.9 Å². The largest absolute Gasteiger partial charge is 0.397 e. The van der Waals surface area contributed by atoms with E-state index in [2.05, 4.69) is 17.1 Å². The van der Waals surface area contributed by atoms with Gasteiger partial charge in [-0.1, -0.05) is 6.92 Å². The normalized spacial score (nSPS) is 23.8. The maximum Gasteiger partial charge on any atom is 0.268 e. The van der Waals surface area contributed by atoms with Gasteiger partial charge in [-0.25, -0.2) is 0 Å². The van der Waals surface area contributed by atoms with E-state index < -0.39 is 0 Å². The summed E-state index contributed by atoms with van der Waals surface area (Å²) in [5, 5.41) is 3.18. The summed E-state index contributed by atoms with van der Waals surface area (Å²) in [6, 6.07) is 2.54. The smallest absolute Gasteiger partial charge is 0.268 e. The molecule has 3 rings (SSSR count). The van der Waals surface area contributed by atoms with E-state index in [1.165, 1.54) is 0 Å². The molecule has 2 aliphatic rings. The fraction of sp³-hybridized carbons (Fsp3) is 0.667. The third-order valence-electron chi connectivity index (χ3n) is 4.33. The summed E-state index contributed by atoms with van der Waals surface area (Å²) in [5.74, 6) is 0.0246. The van der Waals surface area contributed by atoms with Crippen molar-refractivity contribution in [1.82, 2.24) is 14.8 Å². The molecule has 1 atom stereocenters. The zero-order chi connectivity index (χ0) is 14.1. The van der Waals surface area contributed by atoms with Crippen LogP contribution in [-0.2, 0) is 0 Å². The summed E-state index contributed by atoms with van der Waals surface area (Å²) in [6.45, 7) is 5.33. The van der Waals surface area contributed by atoms with Crippen molar-refractivity contribution < 1.29 is 4.79 Å². The van der Waals surface area contributed by atoms with Gasteiger partial charge in [-0.15, -0.1) is 0 Å². The molecule has 1 saturated carbocycles. The molecule has 5 heteroatoms. The zero-order valence-electron chi connectivity index (χ0n) is 12.1. The Morgan fingerprint density at radius 1 is 1.45 bits per heavy atom. The number of hydrogen-bond donors (Lipinski definition) is 2. The van der Waals surface area contributed by atoms with Gasteiger partial charge in [0.05, 0.1) is 5.69 Å². The molecule has 20 heavy (non-hydrogen) atoms.